The maximum absolute atomic E-state index is 6.65. The predicted octanol–water partition coefficient (Wildman–Crippen LogP) is 4.48. The minimum absolute atomic E-state index is 0. The van der Waals surface area contributed by atoms with E-state index in [1.807, 2.05) is 97.1 Å². The molecule has 2 aromatic heterocycles. The monoisotopic (exact) mass is 579 g/mol. The molecule has 0 fully saturated rings. The van der Waals surface area contributed by atoms with Crippen molar-refractivity contribution >= 4 is 61.3 Å². The summed E-state index contributed by atoms with van der Waals surface area (Å²) in [6.45, 7) is 0. The number of fused-ring (bicyclic) bond motifs is 15. The average Bonchev–Trinajstić information content (AvgIpc) is 3.73. The van der Waals surface area contributed by atoms with E-state index in [1.165, 1.54) is 0 Å². The van der Waals surface area contributed by atoms with Crippen LogP contribution in [0.2, 0.25) is 0 Å². The summed E-state index contributed by atoms with van der Waals surface area (Å²) >= 11 is 0. The molecule has 0 saturated carbocycles. The van der Waals surface area contributed by atoms with Crippen LogP contribution in [0.15, 0.2) is 122 Å². The van der Waals surface area contributed by atoms with Crippen molar-refractivity contribution in [2.75, 3.05) is 0 Å². The molecule has 195 valence electrons. The molecule has 0 aliphatic carbocycles. The Balaban J connectivity index is 0.00000250. The zero-order valence-corrected chi connectivity index (χ0v) is 23.1. The van der Waals surface area contributed by atoms with Gasteiger partial charge in [0.05, 0.1) is 16.6 Å². The molecular weight excluding hydrogens is 563 g/mol. The number of hydrogen-bond acceptors (Lipinski definition) is 6. The Morgan fingerprint density at radius 3 is 1.88 bits per heavy atom. The molecule has 0 saturated heterocycles. The van der Waals surface area contributed by atoms with Gasteiger partial charge in [0.1, 0.15) is 0 Å². The molecule has 10 heteroatoms. The molecule has 4 aliphatic rings. The van der Waals surface area contributed by atoms with Crippen LogP contribution >= 0.6 is 0 Å². The van der Waals surface area contributed by atoms with Gasteiger partial charge in [0.25, 0.3) is 11.5 Å². The Bertz CT molecular complexity index is 2610. The van der Waals surface area contributed by atoms with Crippen molar-refractivity contribution in [1.29, 1.82) is 0 Å². The number of aliphatic imine (C=N–C) groups is 2. The minimum Gasteiger partial charge on any atom is -0.357 e. The first-order valence-corrected chi connectivity index (χ1v) is 13.3. The summed E-state index contributed by atoms with van der Waals surface area (Å²) < 4.78 is 9.99. The second-order valence-electron chi connectivity index (χ2n) is 10.1. The molecule has 0 amide bonds. The van der Waals surface area contributed by atoms with Crippen molar-refractivity contribution in [2.45, 2.75) is 0 Å². The Hall–Kier alpha value is -5.38. The number of benzene rings is 4. The third kappa shape index (κ3) is 2.98. The van der Waals surface area contributed by atoms with Crippen molar-refractivity contribution in [2.24, 2.45) is 20.0 Å². The molecular formula is C32H16N8OV. The summed E-state index contributed by atoms with van der Waals surface area (Å²) in [5.74, 6) is 2.96. The van der Waals surface area contributed by atoms with Crippen LogP contribution in [0.5, 0.6) is 0 Å². The minimum atomic E-state index is 0. The second kappa shape index (κ2) is 8.33. The molecule has 0 N–H and O–H groups in total. The molecule has 9 nitrogen and oxygen atoms in total. The molecule has 6 bridgehead atoms. The molecule has 42 heavy (non-hydrogen) atoms. The van der Waals surface area contributed by atoms with Crippen LogP contribution in [0.1, 0.15) is 11.1 Å². The SMILES string of the molecule is [V].c1ccc2c(c1)C1=NC2=Nc2c3ccccc3c3nc4c5ccccc5c([n+]-4on23)N=c2[n-]c(c3ccccc23)=N1. The Morgan fingerprint density at radius 1 is 0.571 bits per heavy atom. The number of nitrogens with zero attached hydrogens (tertiary/aromatic N) is 8. The second-order valence-corrected chi connectivity index (χ2v) is 10.1. The van der Waals surface area contributed by atoms with E-state index in [0.29, 0.717) is 45.7 Å². The number of rotatable bonds is 0. The van der Waals surface area contributed by atoms with E-state index in [-0.39, 0.29) is 18.6 Å². The smallest absolute Gasteiger partial charge is 0.282 e. The number of amidine groups is 2. The third-order valence-electron chi connectivity index (χ3n) is 7.84. The summed E-state index contributed by atoms with van der Waals surface area (Å²) in [4.78, 5) is 30.1. The van der Waals surface area contributed by atoms with Gasteiger partial charge in [0, 0.05) is 51.4 Å². The summed E-state index contributed by atoms with van der Waals surface area (Å²) in [6, 6.07) is 32.1. The van der Waals surface area contributed by atoms with Gasteiger partial charge in [0.2, 0.25) is 5.82 Å². The number of aromatic nitrogens is 4. The van der Waals surface area contributed by atoms with Crippen molar-refractivity contribution in [3.63, 3.8) is 0 Å². The Labute approximate surface area is 248 Å². The zero-order chi connectivity index (χ0) is 26.7. The van der Waals surface area contributed by atoms with Crippen LogP contribution in [0.25, 0.3) is 43.8 Å². The standard InChI is InChI=1S/C32H16N8O.V/c1-3-11-19-17(9-1)25-33-26-18-10-2-4-12-20(18)28(35-26)37-30-22-14-6-8-16-24(22)32-38-31-23-15-7-5-13-21(23)29(36-27(19)34-25)39(31)41-40(30)32;/h1-16H;. The van der Waals surface area contributed by atoms with Crippen molar-refractivity contribution in [3.05, 3.63) is 119 Å². The maximum Gasteiger partial charge on any atom is 0.282 e. The fourth-order valence-electron chi connectivity index (χ4n) is 5.97. The average molecular weight is 579 g/mol. The summed E-state index contributed by atoms with van der Waals surface area (Å²) in [7, 11) is 0. The van der Waals surface area contributed by atoms with Crippen molar-refractivity contribution in [3.8, 4) is 5.82 Å². The van der Waals surface area contributed by atoms with E-state index in [0.717, 1.165) is 43.4 Å². The van der Waals surface area contributed by atoms with E-state index in [2.05, 4.69) is 0 Å². The first-order valence-electron chi connectivity index (χ1n) is 13.3. The van der Waals surface area contributed by atoms with E-state index in [4.69, 9.17) is 34.6 Å². The Kier molecular flexibility index (Phi) is 4.63. The van der Waals surface area contributed by atoms with Gasteiger partial charge in [-0.25, -0.2) is 4.99 Å². The van der Waals surface area contributed by atoms with Gasteiger partial charge in [-0.1, -0.05) is 88.6 Å². The van der Waals surface area contributed by atoms with Gasteiger partial charge < -0.3 is 15.0 Å². The van der Waals surface area contributed by atoms with Crippen molar-refractivity contribution < 1.29 is 27.9 Å². The molecule has 10 rings (SSSR count). The van der Waals surface area contributed by atoms with Gasteiger partial charge in [-0.2, -0.15) is 9.62 Å². The van der Waals surface area contributed by atoms with Crippen LogP contribution < -0.4 is 20.7 Å². The van der Waals surface area contributed by atoms with Gasteiger partial charge >= 0.3 is 0 Å². The zero-order valence-electron chi connectivity index (χ0n) is 21.7. The molecule has 0 unspecified atom stereocenters. The van der Waals surface area contributed by atoms with Gasteiger partial charge in [-0.05, 0) is 33.5 Å². The van der Waals surface area contributed by atoms with Crippen LogP contribution in [-0.2, 0) is 18.6 Å². The fourth-order valence-corrected chi connectivity index (χ4v) is 5.97. The quantitative estimate of drug-likeness (QED) is 0.248. The Morgan fingerprint density at radius 2 is 1.14 bits per heavy atom. The fraction of sp³-hybridized carbons (Fsp3) is 0. The van der Waals surface area contributed by atoms with E-state index < -0.39 is 0 Å². The topological polar surface area (TPSA) is 97.9 Å². The molecule has 4 aliphatic heterocycles. The van der Waals surface area contributed by atoms with E-state index >= 15 is 0 Å². The molecule has 1 radical (unpaired) electrons. The molecule has 0 spiro atoms. The van der Waals surface area contributed by atoms with E-state index in [9.17, 15) is 0 Å². The number of hydrogen-bond donors (Lipinski definition) is 0. The summed E-state index contributed by atoms with van der Waals surface area (Å²) in [5.41, 5.74) is 3.56. The van der Waals surface area contributed by atoms with E-state index in [1.54, 1.807) is 9.31 Å². The van der Waals surface area contributed by atoms with Gasteiger partial charge in [-0.3, -0.25) is 0 Å². The molecule has 6 aromatic rings. The molecule has 6 heterocycles. The van der Waals surface area contributed by atoms with Crippen LogP contribution in [-0.4, -0.2) is 21.2 Å². The van der Waals surface area contributed by atoms with Crippen LogP contribution in [0, 0.1) is 0 Å². The normalized spacial score (nSPS) is 13.7. The maximum atomic E-state index is 6.65. The first kappa shape index (κ1) is 23.3. The summed E-state index contributed by atoms with van der Waals surface area (Å²) in [5, 5.41) is 5.46. The van der Waals surface area contributed by atoms with Crippen LogP contribution in [0.3, 0.4) is 0 Å². The van der Waals surface area contributed by atoms with Gasteiger partial charge in [0.15, 0.2) is 11.7 Å². The first-order chi connectivity index (χ1) is 20.3. The van der Waals surface area contributed by atoms with Crippen LogP contribution in [0.4, 0.5) is 11.6 Å². The molecule has 0 atom stereocenters. The third-order valence-corrected chi connectivity index (χ3v) is 7.84. The molecule has 4 aromatic carbocycles. The van der Waals surface area contributed by atoms with Crippen molar-refractivity contribution in [1.82, 2.24) is 14.5 Å². The predicted molar refractivity (Wildman–Crippen MR) is 154 cm³/mol. The summed E-state index contributed by atoms with van der Waals surface area (Å²) in [6.07, 6.45) is 0. The van der Waals surface area contributed by atoms with Gasteiger partial charge in [-0.15, -0.1) is 0 Å². The largest absolute Gasteiger partial charge is 0.357 e.